The lowest BCUT2D eigenvalue weighted by atomic mass is 9.93. The van der Waals surface area contributed by atoms with Crippen molar-refractivity contribution in [3.8, 4) is 5.75 Å². The van der Waals surface area contributed by atoms with Crippen molar-refractivity contribution in [2.45, 2.75) is 38.9 Å². The third-order valence-electron chi connectivity index (χ3n) is 5.52. The third kappa shape index (κ3) is 4.42. The Bertz CT molecular complexity index is 908. The van der Waals surface area contributed by atoms with Gasteiger partial charge in [0, 0.05) is 19.1 Å². The lowest BCUT2D eigenvalue weighted by Gasteiger charge is -2.37. The van der Waals surface area contributed by atoms with Crippen LogP contribution in [0.4, 0.5) is 4.39 Å². The summed E-state index contributed by atoms with van der Waals surface area (Å²) < 4.78 is 19.9. The van der Waals surface area contributed by atoms with Crippen LogP contribution in [0.25, 0.3) is 0 Å². The third-order valence-corrected chi connectivity index (χ3v) is 5.52. The second-order valence-corrected chi connectivity index (χ2v) is 7.47. The summed E-state index contributed by atoms with van der Waals surface area (Å²) in [6.07, 6.45) is 1.82. The molecule has 0 saturated heterocycles. The molecule has 4 rings (SSSR count). The van der Waals surface area contributed by atoms with E-state index in [9.17, 15) is 4.39 Å². The van der Waals surface area contributed by atoms with Crippen molar-refractivity contribution in [1.29, 1.82) is 0 Å². The topological polar surface area (TPSA) is 12.5 Å². The number of hydrogen-bond donors (Lipinski definition) is 0. The van der Waals surface area contributed by atoms with Crippen LogP contribution in [-0.2, 0) is 25.9 Å². The number of rotatable bonds is 6. The van der Waals surface area contributed by atoms with Crippen molar-refractivity contribution < 1.29 is 9.13 Å². The van der Waals surface area contributed by atoms with Crippen LogP contribution in [0.5, 0.6) is 5.75 Å². The van der Waals surface area contributed by atoms with Crippen LogP contribution in [0, 0.1) is 5.82 Å². The summed E-state index contributed by atoms with van der Waals surface area (Å²) in [5.41, 5.74) is 4.89. The fourth-order valence-electron chi connectivity index (χ4n) is 3.85. The maximum absolute atomic E-state index is 13.7. The zero-order valence-corrected chi connectivity index (χ0v) is 16.3. The predicted octanol–water partition coefficient (Wildman–Crippen LogP) is 5.39. The molecule has 1 unspecified atom stereocenters. The van der Waals surface area contributed by atoms with Gasteiger partial charge >= 0.3 is 0 Å². The predicted molar refractivity (Wildman–Crippen MR) is 111 cm³/mol. The van der Waals surface area contributed by atoms with E-state index in [0.29, 0.717) is 6.61 Å². The number of hydrogen-bond acceptors (Lipinski definition) is 2. The largest absolute Gasteiger partial charge is 0.492 e. The maximum Gasteiger partial charge on any atom is 0.123 e. The molecule has 0 saturated carbocycles. The van der Waals surface area contributed by atoms with E-state index in [0.717, 1.165) is 37.2 Å². The Labute approximate surface area is 166 Å². The Morgan fingerprint density at radius 3 is 2.46 bits per heavy atom. The summed E-state index contributed by atoms with van der Waals surface area (Å²) >= 11 is 0. The fraction of sp³-hybridized carbons (Fsp3) is 0.280. The minimum Gasteiger partial charge on any atom is -0.492 e. The summed E-state index contributed by atoms with van der Waals surface area (Å²) in [7, 11) is 0. The van der Waals surface area contributed by atoms with Crippen LogP contribution in [0.2, 0.25) is 0 Å². The molecule has 0 bridgehead atoms. The van der Waals surface area contributed by atoms with E-state index in [2.05, 4.69) is 48.2 Å². The fourth-order valence-corrected chi connectivity index (χ4v) is 3.85. The summed E-state index contributed by atoms with van der Waals surface area (Å²) in [4.78, 5) is 2.44. The van der Waals surface area contributed by atoms with E-state index in [1.165, 1.54) is 16.7 Å². The van der Waals surface area contributed by atoms with Gasteiger partial charge in [-0.25, -0.2) is 4.39 Å². The van der Waals surface area contributed by atoms with Crippen LogP contribution in [-0.4, -0.2) is 17.5 Å². The van der Waals surface area contributed by atoms with Crippen LogP contribution < -0.4 is 4.74 Å². The molecular formula is C25H26FNO. The highest BCUT2D eigenvalue weighted by atomic mass is 19.1. The molecule has 2 nitrogen and oxygen atoms in total. The molecule has 28 heavy (non-hydrogen) atoms. The molecule has 0 N–H and O–H groups in total. The molecular weight excluding hydrogens is 349 g/mol. The van der Waals surface area contributed by atoms with Crippen LogP contribution in [0.15, 0.2) is 72.8 Å². The van der Waals surface area contributed by atoms with Gasteiger partial charge in [-0.3, -0.25) is 4.90 Å². The Hall–Kier alpha value is -2.65. The first-order valence-electron chi connectivity index (χ1n) is 9.98. The van der Waals surface area contributed by atoms with Crippen molar-refractivity contribution in [3.63, 3.8) is 0 Å². The molecule has 1 aliphatic rings. The first-order chi connectivity index (χ1) is 13.7. The van der Waals surface area contributed by atoms with Gasteiger partial charge in [-0.15, -0.1) is 0 Å². The van der Waals surface area contributed by atoms with E-state index in [-0.39, 0.29) is 11.9 Å². The summed E-state index contributed by atoms with van der Waals surface area (Å²) in [5.74, 6) is 0.729. The quantitative estimate of drug-likeness (QED) is 0.572. The van der Waals surface area contributed by atoms with E-state index in [1.807, 2.05) is 24.3 Å². The Balaban J connectivity index is 1.51. The average molecular weight is 375 g/mol. The molecule has 1 aliphatic heterocycles. The number of benzene rings is 3. The number of halogens is 1. The second kappa shape index (κ2) is 8.57. The maximum atomic E-state index is 13.7. The second-order valence-electron chi connectivity index (χ2n) is 7.47. The van der Waals surface area contributed by atoms with Gasteiger partial charge in [-0.05, 0) is 59.4 Å². The van der Waals surface area contributed by atoms with Gasteiger partial charge in [0.1, 0.15) is 18.2 Å². The molecule has 1 atom stereocenters. The van der Waals surface area contributed by atoms with E-state index in [1.54, 1.807) is 12.1 Å². The molecule has 0 radical (unpaired) electrons. The van der Waals surface area contributed by atoms with Gasteiger partial charge in [-0.1, -0.05) is 55.5 Å². The molecule has 0 amide bonds. The number of aryl methyl sites for hydroxylation is 1. The smallest absolute Gasteiger partial charge is 0.123 e. The van der Waals surface area contributed by atoms with Crippen LogP contribution >= 0.6 is 0 Å². The van der Waals surface area contributed by atoms with Crippen LogP contribution in [0.1, 0.15) is 29.2 Å². The van der Waals surface area contributed by atoms with Gasteiger partial charge in [0.15, 0.2) is 0 Å². The SMILES string of the molecule is CCc1ccc(OCC2Cc3cc(F)ccc3CN2Cc2ccccc2)cc1. The number of nitrogens with zero attached hydrogens (tertiary/aromatic N) is 1. The molecule has 0 fully saturated rings. The molecule has 0 aliphatic carbocycles. The van der Waals surface area contributed by atoms with Crippen molar-refractivity contribution >= 4 is 0 Å². The normalized spacial score (nSPS) is 16.6. The molecule has 1 heterocycles. The highest BCUT2D eigenvalue weighted by Gasteiger charge is 2.27. The summed E-state index contributed by atoms with van der Waals surface area (Å²) in [6, 6.07) is 24.2. The number of ether oxygens (including phenoxy) is 1. The molecule has 0 spiro atoms. The van der Waals surface area contributed by atoms with Crippen LogP contribution in [0.3, 0.4) is 0 Å². The van der Waals surface area contributed by atoms with Gasteiger partial charge in [0.25, 0.3) is 0 Å². The Morgan fingerprint density at radius 2 is 1.71 bits per heavy atom. The first-order valence-corrected chi connectivity index (χ1v) is 9.98. The summed E-state index contributed by atoms with van der Waals surface area (Å²) in [6.45, 7) is 4.41. The minimum atomic E-state index is -0.162. The van der Waals surface area contributed by atoms with E-state index in [4.69, 9.17) is 4.74 Å². The minimum absolute atomic E-state index is 0.162. The summed E-state index contributed by atoms with van der Waals surface area (Å²) in [5, 5.41) is 0. The average Bonchev–Trinajstić information content (AvgIpc) is 2.73. The molecule has 3 aromatic rings. The molecule has 0 aromatic heterocycles. The van der Waals surface area contributed by atoms with Crippen molar-refractivity contribution in [3.05, 3.63) is 101 Å². The van der Waals surface area contributed by atoms with Gasteiger partial charge in [-0.2, -0.15) is 0 Å². The van der Waals surface area contributed by atoms with Gasteiger partial charge in [0.05, 0.1) is 0 Å². The van der Waals surface area contributed by atoms with Gasteiger partial charge < -0.3 is 4.74 Å². The first kappa shape index (κ1) is 18.7. The van der Waals surface area contributed by atoms with Crippen molar-refractivity contribution in [2.24, 2.45) is 0 Å². The molecule has 144 valence electrons. The van der Waals surface area contributed by atoms with Gasteiger partial charge in [0.2, 0.25) is 0 Å². The van der Waals surface area contributed by atoms with Crippen molar-refractivity contribution in [1.82, 2.24) is 4.90 Å². The standard InChI is InChI=1S/C25H26FNO/c1-2-19-8-12-25(13-9-19)28-18-24-15-22-14-23(26)11-10-21(22)17-27(24)16-20-6-4-3-5-7-20/h3-14,24H,2,15-18H2,1H3. The highest BCUT2D eigenvalue weighted by Crippen LogP contribution is 2.26. The Kier molecular flexibility index (Phi) is 5.73. The molecule has 3 heteroatoms. The Morgan fingerprint density at radius 1 is 0.929 bits per heavy atom. The van der Waals surface area contributed by atoms with E-state index < -0.39 is 0 Å². The lowest BCUT2D eigenvalue weighted by Crippen LogP contribution is -2.43. The van der Waals surface area contributed by atoms with Crippen molar-refractivity contribution in [2.75, 3.05) is 6.61 Å². The zero-order valence-electron chi connectivity index (χ0n) is 16.3. The molecule has 3 aromatic carbocycles. The zero-order chi connectivity index (χ0) is 19.3. The highest BCUT2D eigenvalue weighted by molar-refractivity contribution is 5.32. The number of fused-ring (bicyclic) bond motifs is 1. The monoisotopic (exact) mass is 375 g/mol. The van der Waals surface area contributed by atoms with E-state index >= 15 is 0 Å². The lowest BCUT2D eigenvalue weighted by molar-refractivity contribution is 0.109.